The highest BCUT2D eigenvalue weighted by Gasteiger charge is 2.30. The van der Waals surface area contributed by atoms with Gasteiger partial charge in [-0.3, -0.25) is 0 Å². The van der Waals surface area contributed by atoms with Gasteiger partial charge in [0.25, 0.3) is 5.89 Å². The van der Waals surface area contributed by atoms with E-state index in [0.29, 0.717) is 17.5 Å². The van der Waals surface area contributed by atoms with E-state index in [1.54, 1.807) is 0 Å². The Morgan fingerprint density at radius 3 is 2.52 bits per heavy atom. The van der Waals surface area contributed by atoms with E-state index in [0.717, 1.165) is 54.3 Å². The molecule has 6 heteroatoms. The van der Waals surface area contributed by atoms with Crippen molar-refractivity contribution < 1.29 is 4.52 Å². The molecule has 1 saturated heterocycles. The van der Waals surface area contributed by atoms with Crippen molar-refractivity contribution >= 4 is 16.6 Å². The zero-order valence-corrected chi connectivity index (χ0v) is 14.4. The van der Waals surface area contributed by atoms with Crippen LogP contribution in [0.25, 0.3) is 22.4 Å². The van der Waals surface area contributed by atoms with Gasteiger partial charge in [-0.25, -0.2) is 0 Å². The molecule has 3 aromatic rings. The van der Waals surface area contributed by atoms with Crippen molar-refractivity contribution in [3.63, 3.8) is 0 Å². The summed E-state index contributed by atoms with van der Waals surface area (Å²) < 4.78 is 5.48. The fourth-order valence-electron chi connectivity index (χ4n) is 3.54. The maximum absolute atomic E-state index is 5.48. The molecule has 0 unspecified atom stereocenters. The zero-order chi connectivity index (χ0) is 16.8. The van der Waals surface area contributed by atoms with Crippen molar-refractivity contribution in [2.75, 3.05) is 18.0 Å². The summed E-state index contributed by atoms with van der Waals surface area (Å²) in [6.07, 6.45) is 4.70. The number of benzene rings is 1. The topological polar surface area (TPSA) is 67.9 Å². The van der Waals surface area contributed by atoms with Crippen molar-refractivity contribution in [1.82, 2.24) is 20.3 Å². The van der Waals surface area contributed by atoms with Gasteiger partial charge in [-0.15, -0.1) is 10.2 Å². The number of anilines is 1. The first-order valence-corrected chi connectivity index (χ1v) is 9.14. The van der Waals surface area contributed by atoms with E-state index < -0.39 is 0 Å². The number of aromatic nitrogens is 4. The van der Waals surface area contributed by atoms with Gasteiger partial charge < -0.3 is 9.42 Å². The third kappa shape index (κ3) is 2.65. The van der Waals surface area contributed by atoms with Crippen molar-refractivity contribution in [3.05, 3.63) is 30.1 Å². The quantitative estimate of drug-likeness (QED) is 0.725. The molecule has 0 atom stereocenters. The first-order valence-electron chi connectivity index (χ1n) is 9.14. The van der Waals surface area contributed by atoms with Crippen LogP contribution < -0.4 is 4.90 Å². The number of rotatable bonds is 3. The molecule has 1 aromatic carbocycles. The molecule has 0 bridgehead atoms. The fourth-order valence-corrected chi connectivity index (χ4v) is 3.54. The minimum absolute atomic E-state index is 0.464. The van der Waals surface area contributed by atoms with Gasteiger partial charge in [0, 0.05) is 29.8 Å². The maximum atomic E-state index is 5.48. The summed E-state index contributed by atoms with van der Waals surface area (Å²) in [5.41, 5.74) is 0.684. The average molecular weight is 335 g/mol. The average Bonchev–Trinajstić information content (AvgIpc) is 3.39. The summed E-state index contributed by atoms with van der Waals surface area (Å²) in [6, 6.07) is 8.25. The summed E-state index contributed by atoms with van der Waals surface area (Å²) in [7, 11) is 0. The number of fused-ring (bicyclic) bond motifs is 1. The van der Waals surface area contributed by atoms with E-state index in [1.807, 2.05) is 12.1 Å². The Morgan fingerprint density at radius 1 is 1.00 bits per heavy atom. The Hall–Kier alpha value is -2.50. The number of hydrogen-bond acceptors (Lipinski definition) is 6. The highest BCUT2D eigenvalue weighted by molar-refractivity contribution is 5.99. The van der Waals surface area contributed by atoms with Crippen LogP contribution in [-0.2, 0) is 0 Å². The summed E-state index contributed by atoms with van der Waals surface area (Å²) in [6.45, 7) is 4.38. The Bertz CT molecular complexity index is 909. The molecule has 0 amide bonds. The zero-order valence-electron chi connectivity index (χ0n) is 14.4. The standard InChI is InChI=1S/C19H21N5O/c1-12-8-10-24(11-9-12)18-15-5-3-2-4-14(15)16(21-22-18)19-20-17(23-25-19)13-6-7-13/h2-5,12-13H,6-11H2,1H3. The van der Waals surface area contributed by atoms with Crippen LogP contribution in [0.4, 0.5) is 5.82 Å². The van der Waals surface area contributed by atoms with E-state index in [4.69, 9.17) is 4.52 Å². The van der Waals surface area contributed by atoms with Gasteiger partial charge in [-0.1, -0.05) is 36.3 Å². The minimum Gasteiger partial charge on any atom is -0.355 e. The van der Waals surface area contributed by atoms with Gasteiger partial charge in [0.2, 0.25) is 0 Å². The smallest absolute Gasteiger partial charge is 0.279 e. The third-order valence-electron chi connectivity index (χ3n) is 5.34. The lowest BCUT2D eigenvalue weighted by atomic mass is 9.99. The molecule has 0 spiro atoms. The summed E-state index contributed by atoms with van der Waals surface area (Å²) in [5.74, 6) is 3.49. The Balaban J connectivity index is 1.58. The highest BCUT2D eigenvalue weighted by Crippen LogP contribution is 2.39. The number of nitrogens with zero attached hydrogens (tertiary/aromatic N) is 5. The molecule has 1 aliphatic heterocycles. The molecule has 2 aliphatic rings. The van der Waals surface area contributed by atoms with Gasteiger partial charge in [0.15, 0.2) is 17.3 Å². The Kier molecular flexibility index (Phi) is 3.43. The lowest BCUT2D eigenvalue weighted by Gasteiger charge is -2.31. The molecular weight excluding hydrogens is 314 g/mol. The van der Waals surface area contributed by atoms with E-state index in [9.17, 15) is 0 Å². The van der Waals surface area contributed by atoms with E-state index in [2.05, 4.69) is 44.3 Å². The number of hydrogen-bond donors (Lipinski definition) is 0. The fraction of sp³-hybridized carbons (Fsp3) is 0.474. The van der Waals surface area contributed by atoms with Crippen LogP contribution in [0.3, 0.4) is 0 Å². The molecule has 5 rings (SSSR count). The lowest BCUT2D eigenvalue weighted by molar-refractivity contribution is 0.421. The van der Waals surface area contributed by atoms with Gasteiger partial charge in [-0.2, -0.15) is 4.98 Å². The molecule has 6 nitrogen and oxygen atoms in total. The summed E-state index contributed by atoms with van der Waals surface area (Å²) in [5, 5.41) is 15.3. The van der Waals surface area contributed by atoms with Crippen molar-refractivity contribution in [1.29, 1.82) is 0 Å². The normalized spacial score (nSPS) is 18.8. The van der Waals surface area contributed by atoms with Crippen LogP contribution in [0.1, 0.15) is 44.3 Å². The van der Waals surface area contributed by atoms with Crippen LogP contribution in [0, 0.1) is 5.92 Å². The van der Waals surface area contributed by atoms with Crippen molar-refractivity contribution in [2.45, 2.75) is 38.5 Å². The van der Waals surface area contributed by atoms with Crippen LogP contribution in [0.5, 0.6) is 0 Å². The van der Waals surface area contributed by atoms with Crippen molar-refractivity contribution in [2.24, 2.45) is 5.92 Å². The Morgan fingerprint density at radius 2 is 1.76 bits per heavy atom. The molecule has 3 heterocycles. The Labute approximate surface area is 146 Å². The SMILES string of the molecule is CC1CCN(c2nnc(-c3nc(C4CC4)no3)c3ccccc23)CC1. The van der Waals surface area contributed by atoms with Crippen LogP contribution >= 0.6 is 0 Å². The first-order chi connectivity index (χ1) is 12.3. The second-order valence-corrected chi connectivity index (χ2v) is 7.32. The third-order valence-corrected chi connectivity index (χ3v) is 5.34. The minimum atomic E-state index is 0.464. The predicted octanol–water partition coefficient (Wildman–Crippen LogP) is 3.79. The van der Waals surface area contributed by atoms with E-state index in [1.165, 1.54) is 12.8 Å². The largest absolute Gasteiger partial charge is 0.355 e. The molecular formula is C19H21N5O. The molecule has 25 heavy (non-hydrogen) atoms. The maximum Gasteiger partial charge on any atom is 0.279 e. The monoisotopic (exact) mass is 335 g/mol. The van der Waals surface area contributed by atoms with Gasteiger partial charge >= 0.3 is 0 Å². The van der Waals surface area contributed by atoms with Crippen molar-refractivity contribution in [3.8, 4) is 11.6 Å². The molecule has 128 valence electrons. The summed E-state index contributed by atoms with van der Waals surface area (Å²) >= 11 is 0. The lowest BCUT2D eigenvalue weighted by Crippen LogP contribution is -2.33. The molecule has 1 saturated carbocycles. The molecule has 2 aromatic heterocycles. The second-order valence-electron chi connectivity index (χ2n) is 7.32. The summed E-state index contributed by atoms with van der Waals surface area (Å²) in [4.78, 5) is 6.90. The van der Waals surface area contributed by atoms with E-state index >= 15 is 0 Å². The predicted molar refractivity (Wildman–Crippen MR) is 95.4 cm³/mol. The van der Waals surface area contributed by atoms with Gasteiger partial charge in [0.05, 0.1) is 0 Å². The van der Waals surface area contributed by atoms with Crippen LogP contribution in [0.15, 0.2) is 28.8 Å². The van der Waals surface area contributed by atoms with E-state index in [-0.39, 0.29) is 0 Å². The highest BCUT2D eigenvalue weighted by atomic mass is 16.5. The van der Waals surface area contributed by atoms with Crippen LogP contribution in [-0.4, -0.2) is 33.4 Å². The van der Waals surface area contributed by atoms with Gasteiger partial charge in [-0.05, 0) is 31.6 Å². The van der Waals surface area contributed by atoms with Crippen LogP contribution in [0.2, 0.25) is 0 Å². The van der Waals surface area contributed by atoms with Gasteiger partial charge in [0.1, 0.15) is 0 Å². The molecule has 0 radical (unpaired) electrons. The molecule has 0 N–H and O–H groups in total. The molecule has 2 fully saturated rings. The first kappa shape index (κ1) is 14.8. The number of piperidine rings is 1. The molecule has 1 aliphatic carbocycles. The second kappa shape index (κ2) is 5.79.